The summed E-state index contributed by atoms with van der Waals surface area (Å²) in [4.78, 5) is 11.5. The molecule has 3 N–H and O–H groups in total. The number of rotatable bonds is 5. The smallest absolute Gasteiger partial charge is 0.234 e. The summed E-state index contributed by atoms with van der Waals surface area (Å²) in [5.74, 6) is 5.68. The number of nitrogens with two attached hydrogens (primary N) is 1. The van der Waals surface area contributed by atoms with Crippen LogP contribution in [0.2, 0.25) is 0 Å². The van der Waals surface area contributed by atoms with E-state index >= 15 is 0 Å². The minimum absolute atomic E-state index is 0.361. The Labute approximate surface area is 125 Å². The van der Waals surface area contributed by atoms with Crippen molar-refractivity contribution < 1.29 is 4.79 Å². The van der Waals surface area contributed by atoms with Gasteiger partial charge in [-0.2, -0.15) is 0 Å². The summed E-state index contributed by atoms with van der Waals surface area (Å²) in [6, 6.07) is 19.1. The van der Waals surface area contributed by atoms with Gasteiger partial charge in [0.1, 0.15) is 0 Å². The van der Waals surface area contributed by atoms with E-state index in [0.29, 0.717) is 13.0 Å². The summed E-state index contributed by atoms with van der Waals surface area (Å²) in [6.45, 7) is 0.426. The van der Waals surface area contributed by atoms with Crippen LogP contribution in [-0.4, -0.2) is 18.5 Å². The fourth-order valence-electron chi connectivity index (χ4n) is 1.97. The highest BCUT2D eigenvalue weighted by Crippen LogP contribution is 2.02. The molecular formula is C18H18N2O. The van der Waals surface area contributed by atoms with Crippen LogP contribution < -0.4 is 11.1 Å². The summed E-state index contributed by atoms with van der Waals surface area (Å²) in [5, 5.41) is 3.09. The van der Waals surface area contributed by atoms with Gasteiger partial charge in [-0.05, 0) is 24.1 Å². The number of hydrogen-bond donors (Lipinski definition) is 2. The van der Waals surface area contributed by atoms with Gasteiger partial charge in [0.25, 0.3) is 0 Å². The first-order chi connectivity index (χ1) is 10.3. The molecule has 2 aromatic rings. The van der Waals surface area contributed by atoms with E-state index in [9.17, 15) is 4.79 Å². The number of carbonyl (C=O) groups is 1. The van der Waals surface area contributed by atoms with Gasteiger partial charge in [0.05, 0.1) is 12.6 Å². The van der Waals surface area contributed by atoms with Gasteiger partial charge in [0.15, 0.2) is 0 Å². The minimum atomic E-state index is -0.405. The molecule has 0 spiro atoms. The molecule has 0 saturated heterocycles. The van der Waals surface area contributed by atoms with Crippen molar-refractivity contribution in [2.75, 3.05) is 6.54 Å². The highest BCUT2D eigenvalue weighted by atomic mass is 16.1. The first-order valence-electron chi connectivity index (χ1n) is 6.86. The SMILES string of the molecule is NC(=O)[C@H](Cc1ccccc1)NCC#Cc1ccccc1. The molecule has 0 bridgehead atoms. The van der Waals surface area contributed by atoms with Crippen molar-refractivity contribution in [1.82, 2.24) is 5.32 Å². The summed E-state index contributed by atoms with van der Waals surface area (Å²) in [7, 11) is 0. The Morgan fingerprint density at radius 1 is 1.05 bits per heavy atom. The van der Waals surface area contributed by atoms with Crippen LogP contribution in [-0.2, 0) is 11.2 Å². The molecular weight excluding hydrogens is 260 g/mol. The lowest BCUT2D eigenvalue weighted by Gasteiger charge is -2.13. The third kappa shape index (κ3) is 5.13. The molecule has 21 heavy (non-hydrogen) atoms. The second-order valence-electron chi connectivity index (χ2n) is 4.69. The molecule has 106 valence electrons. The Kier molecular flexibility index (Phi) is 5.57. The highest BCUT2D eigenvalue weighted by Gasteiger charge is 2.14. The van der Waals surface area contributed by atoms with Crippen molar-refractivity contribution in [3.8, 4) is 11.8 Å². The fraction of sp³-hybridized carbons (Fsp3) is 0.167. The van der Waals surface area contributed by atoms with E-state index in [4.69, 9.17) is 5.73 Å². The zero-order valence-corrected chi connectivity index (χ0v) is 11.8. The van der Waals surface area contributed by atoms with Crippen LogP contribution >= 0.6 is 0 Å². The molecule has 2 rings (SSSR count). The Bertz CT molecular complexity index is 627. The maximum atomic E-state index is 11.5. The van der Waals surface area contributed by atoms with Gasteiger partial charge in [-0.25, -0.2) is 0 Å². The quantitative estimate of drug-likeness (QED) is 0.818. The van der Waals surface area contributed by atoms with Gasteiger partial charge in [0.2, 0.25) is 5.91 Å². The largest absolute Gasteiger partial charge is 0.368 e. The molecule has 0 aromatic heterocycles. The predicted molar refractivity (Wildman–Crippen MR) is 84.5 cm³/mol. The van der Waals surface area contributed by atoms with Crippen molar-refractivity contribution in [2.24, 2.45) is 5.73 Å². The zero-order valence-electron chi connectivity index (χ0n) is 11.8. The Hall–Kier alpha value is -2.57. The number of benzene rings is 2. The number of primary amides is 1. The van der Waals surface area contributed by atoms with E-state index in [1.807, 2.05) is 60.7 Å². The number of hydrogen-bond acceptors (Lipinski definition) is 2. The molecule has 0 aliphatic rings. The third-order valence-electron chi connectivity index (χ3n) is 3.07. The number of nitrogens with one attached hydrogen (secondary N) is 1. The standard InChI is InChI=1S/C18H18N2O/c19-18(21)17(14-16-10-5-2-6-11-16)20-13-7-12-15-8-3-1-4-9-15/h1-6,8-11,17,20H,13-14H2,(H2,19,21)/t17-/m0/s1. The molecule has 1 atom stereocenters. The lowest BCUT2D eigenvalue weighted by molar-refractivity contribution is -0.119. The van der Waals surface area contributed by atoms with Gasteiger partial charge >= 0.3 is 0 Å². The second kappa shape index (κ2) is 7.88. The van der Waals surface area contributed by atoms with Crippen LogP contribution in [0.4, 0.5) is 0 Å². The summed E-state index contributed by atoms with van der Waals surface area (Å²) >= 11 is 0. The summed E-state index contributed by atoms with van der Waals surface area (Å²) in [6.07, 6.45) is 0.573. The van der Waals surface area contributed by atoms with Gasteiger partial charge in [-0.15, -0.1) is 0 Å². The third-order valence-corrected chi connectivity index (χ3v) is 3.07. The predicted octanol–water partition coefficient (Wildman–Crippen LogP) is 1.72. The van der Waals surface area contributed by atoms with E-state index in [1.165, 1.54) is 0 Å². The average molecular weight is 278 g/mol. The molecule has 0 unspecified atom stereocenters. The van der Waals surface area contributed by atoms with Crippen LogP contribution in [0.25, 0.3) is 0 Å². The van der Waals surface area contributed by atoms with Crippen molar-refractivity contribution in [3.63, 3.8) is 0 Å². The van der Waals surface area contributed by atoms with Gasteiger partial charge < -0.3 is 5.73 Å². The first kappa shape index (κ1) is 14.8. The molecule has 0 heterocycles. The van der Waals surface area contributed by atoms with E-state index in [1.54, 1.807) is 0 Å². The van der Waals surface area contributed by atoms with E-state index in [-0.39, 0.29) is 5.91 Å². The normalized spacial score (nSPS) is 11.2. The molecule has 3 heteroatoms. The van der Waals surface area contributed by atoms with Crippen LogP contribution in [0.1, 0.15) is 11.1 Å². The maximum Gasteiger partial charge on any atom is 0.234 e. The van der Waals surface area contributed by atoms with Crippen LogP contribution in [0.5, 0.6) is 0 Å². The molecule has 0 aliphatic heterocycles. The molecule has 3 nitrogen and oxygen atoms in total. The summed E-state index contributed by atoms with van der Waals surface area (Å²) in [5.41, 5.74) is 7.46. The van der Waals surface area contributed by atoms with Gasteiger partial charge in [-0.1, -0.05) is 60.4 Å². The zero-order chi connectivity index (χ0) is 14.9. The maximum absolute atomic E-state index is 11.5. The fourth-order valence-corrected chi connectivity index (χ4v) is 1.97. The summed E-state index contributed by atoms with van der Waals surface area (Å²) < 4.78 is 0. The Balaban J connectivity index is 1.89. The molecule has 0 saturated carbocycles. The minimum Gasteiger partial charge on any atom is -0.368 e. The van der Waals surface area contributed by atoms with Crippen LogP contribution in [0.3, 0.4) is 0 Å². The topological polar surface area (TPSA) is 55.1 Å². The first-order valence-corrected chi connectivity index (χ1v) is 6.86. The number of amides is 1. The molecule has 1 amide bonds. The van der Waals surface area contributed by atoms with Crippen molar-refractivity contribution in [1.29, 1.82) is 0 Å². The monoisotopic (exact) mass is 278 g/mol. The van der Waals surface area contributed by atoms with Crippen molar-refractivity contribution >= 4 is 5.91 Å². The van der Waals surface area contributed by atoms with Gasteiger partial charge in [0, 0.05) is 5.56 Å². The average Bonchev–Trinajstić information content (AvgIpc) is 2.52. The van der Waals surface area contributed by atoms with Gasteiger partial charge in [-0.3, -0.25) is 10.1 Å². The molecule has 2 aromatic carbocycles. The molecule has 0 radical (unpaired) electrons. The van der Waals surface area contributed by atoms with E-state index in [2.05, 4.69) is 17.2 Å². The highest BCUT2D eigenvalue weighted by molar-refractivity contribution is 5.80. The van der Waals surface area contributed by atoms with E-state index in [0.717, 1.165) is 11.1 Å². The molecule has 0 fully saturated rings. The second-order valence-corrected chi connectivity index (χ2v) is 4.69. The number of carbonyl (C=O) groups excluding carboxylic acids is 1. The lowest BCUT2D eigenvalue weighted by Crippen LogP contribution is -2.43. The Morgan fingerprint density at radius 3 is 2.29 bits per heavy atom. The van der Waals surface area contributed by atoms with E-state index < -0.39 is 6.04 Å². The lowest BCUT2D eigenvalue weighted by atomic mass is 10.1. The Morgan fingerprint density at radius 2 is 1.67 bits per heavy atom. The van der Waals surface area contributed by atoms with Crippen molar-refractivity contribution in [3.05, 3.63) is 71.8 Å². The van der Waals surface area contributed by atoms with Crippen LogP contribution in [0.15, 0.2) is 60.7 Å². The van der Waals surface area contributed by atoms with Crippen LogP contribution in [0, 0.1) is 11.8 Å². The van der Waals surface area contributed by atoms with Crippen molar-refractivity contribution in [2.45, 2.75) is 12.5 Å². The molecule has 0 aliphatic carbocycles.